The molecule has 0 aliphatic heterocycles. The van der Waals surface area contributed by atoms with Crippen molar-refractivity contribution in [3.05, 3.63) is 64.5 Å². The molecule has 0 amide bonds. The molecule has 0 saturated heterocycles. The van der Waals surface area contributed by atoms with Gasteiger partial charge in [-0.1, -0.05) is 90.4 Å². The van der Waals surface area contributed by atoms with Crippen LogP contribution in [0.2, 0.25) is 0 Å². The normalized spacial score (nSPS) is 11.5. The molecule has 1 N–H and O–H groups in total. The summed E-state index contributed by atoms with van der Waals surface area (Å²) in [6.07, 6.45) is 20.3. The minimum atomic E-state index is -0.375. The molecule has 2 aromatic carbocycles. The van der Waals surface area contributed by atoms with Crippen molar-refractivity contribution in [2.24, 2.45) is 4.99 Å². The molecule has 37 heavy (non-hydrogen) atoms. The molecule has 0 saturated carbocycles. The molecule has 0 aliphatic rings. The van der Waals surface area contributed by atoms with Crippen molar-refractivity contribution in [3.63, 3.8) is 0 Å². The summed E-state index contributed by atoms with van der Waals surface area (Å²) >= 11 is 0. The van der Waals surface area contributed by atoms with Crippen LogP contribution in [0, 0.1) is 0 Å². The van der Waals surface area contributed by atoms with Crippen LogP contribution in [0.15, 0.2) is 62.7 Å². The van der Waals surface area contributed by atoms with Gasteiger partial charge in [0.05, 0.1) is 12.3 Å². The van der Waals surface area contributed by atoms with E-state index >= 15 is 0 Å². The summed E-state index contributed by atoms with van der Waals surface area (Å²) in [5.41, 5.74) is 1.47. The molecule has 0 unspecified atom stereocenters. The number of unbranched alkanes of at least 4 members (excludes halogenated alkanes) is 13. The van der Waals surface area contributed by atoms with Crippen molar-refractivity contribution in [2.75, 3.05) is 6.61 Å². The van der Waals surface area contributed by atoms with Gasteiger partial charge in [0.15, 0.2) is 0 Å². The topological polar surface area (TPSA) is 72.0 Å². The number of phenols is 1. The minimum Gasteiger partial charge on any atom is -0.507 e. The summed E-state index contributed by atoms with van der Waals surface area (Å²) in [6.45, 7) is 2.94. The third kappa shape index (κ3) is 10.8. The number of nitrogens with zero attached hydrogens (tertiary/aromatic N) is 1. The number of benzene rings is 2. The first-order valence-corrected chi connectivity index (χ1v) is 14.2. The lowest BCUT2D eigenvalue weighted by molar-refractivity contribution is 0.302. The molecule has 3 rings (SSSR count). The van der Waals surface area contributed by atoms with Crippen LogP contribution in [0.25, 0.3) is 11.0 Å². The minimum absolute atomic E-state index is 0.133. The van der Waals surface area contributed by atoms with E-state index in [9.17, 15) is 9.90 Å². The SMILES string of the molecule is CCCCCCCCCCCCCCCCOc1ccc(C=Nc2ccc3oc(=O)ccc3c2)c(O)c1. The van der Waals surface area contributed by atoms with Crippen molar-refractivity contribution in [3.8, 4) is 11.5 Å². The first-order valence-electron chi connectivity index (χ1n) is 14.2. The first kappa shape index (κ1) is 28.5. The summed E-state index contributed by atoms with van der Waals surface area (Å²) in [5, 5.41) is 11.2. The molecule has 0 aliphatic carbocycles. The zero-order chi connectivity index (χ0) is 26.1. The molecule has 200 valence electrons. The third-order valence-corrected chi connectivity index (χ3v) is 6.72. The van der Waals surface area contributed by atoms with Gasteiger partial charge in [-0.3, -0.25) is 4.99 Å². The van der Waals surface area contributed by atoms with E-state index in [-0.39, 0.29) is 11.4 Å². The Kier molecular flexibility index (Phi) is 12.8. The number of hydrogen-bond acceptors (Lipinski definition) is 5. The number of ether oxygens (including phenoxy) is 1. The fourth-order valence-electron chi connectivity index (χ4n) is 4.49. The maximum atomic E-state index is 11.3. The summed E-state index contributed by atoms with van der Waals surface area (Å²) in [6, 6.07) is 13.7. The zero-order valence-electron chi connectivity index (χ0n) is 22.4. The van der Waals surface area contributed by atoms with Crippen LogP contribution in [-0.2, 0) is 0 Å². The second kappa shape index (κ2) is 16.6. The monoisotopic (exact) mass is 505 g/mol. The van der Waals surface area contributed by atoms with Crippen LogP contribution in [0.4, 0.5) is 5.69 Å². The van der Waals surface area contributed by atoms with Crippen molar-refractivity contribution in [2.45, 2.75) is 96.8 Å². The number of rotatable bonds is 18. The maximum Gasteiger partial charge on any atom is 0.336 e. The van der Waals surface area contributed by atoms with E-state index in [0.717, 1.165) is 11.8 Å². The number of fused-ring (bicyclic) bond motifs is 1. The van der Waals surface area contributed by atoms with Gasteiger partial charge < -0.3 is 14.3 Å². The van der Waals surface area contributed by atoms with Crippen LogP contribution >= 0.6 is 0 Å². The van der Waals surface area contributed by atoms with Crippen LogP contribution in [0.5, 0.6) is 11.5 Å². The molecule has 0 radical (unpaired) electrons. The van der Waals surface area contributed by atoms with Gasteiger partial charge in [-0.25, -0.2) is 4.79 Å². The number of phenolic OH excluding ortho intramolecular Hbond substituents is 1. The van der Waals surface area contributed by atoms with Crippen molar-refractivity contribution < 1.29 is 14.3 Å². The van der Waals surface area contributed by atoms with Gasteiger partial charge in [-0.05, 0) is 42.8 Å². The van der Waals surface area contributed by atoms with E-state index in [0.29, 0.717) is 29.2 Å². The van der Waals surface area contributed by atoms with Crippen LogP contribution in [0.3, 0.4) is 0 Å². The average Bonchev–Trinajstić information content (AvgIpc) is 2.90. The highest BCUT2D eigenvalue weighted by Gasteiger charge is 2.03. The highest BCUT2D eigenvalue weighted by molar-refractivity contribution is 5.87. The van der Waals surface area contributed by atoms with E-state index in [1.54, 1.807) is 36.5 Å². The quantitative estimate of drug-likeness (QED) is 0.106. The Morgan fingerprint density at radius 2 is 1.43 bits per heavy atom. The summed E-state index contributed by atoms with van der Waals surface area (Å²) < 4.78 is 11.0. The van der Waals surface area contributed by atoms with Gasteiger partial charge in [-0.2, -0.15) is 0 Å². The lowest BCUT2D eigenvalue weighted by Gasteiger charge is -2.08. The Balaban J connectivity index is 1.26. The van der Waals surface area contributed by atoms with E-state index in [4.69, 9.17) is 9.15 Å². The van der Waals surface area contributed by atoms with Gasteiger partial charge >= 0.3 is 5.63 Å². The number of aromatic hydroxyl groups is 1. The molecule has 1 heterocycles. The Labute approximate surface area is 221 Å². The van der Waals surface area contributed by atoms with Crippen LogP contribution < -0.4 is 10.4 Å². The fourth-order valence-corrected chi connectivity index (χ4v) is 4.49. The van der Waals surface area contributed by atoms with Gasteiger partial charge in [-0.15, -0.1) is 0 Å². The van der Waals surface area contributed by atoms with E-state index in [1.807, 2.05) is 12.1 Å². The molecule has 5 nitrogen and oxygen atoms in total. The van der Waals surface area contributed by atoms with Crippen molar-refractivity contribution >= 4 is 22.9 Å². The highest BCUT2D eigenvalue weighted by Crippen LogP contribution is 2.25. The molecule has 0 spiro atoms. The molecule has 0 fully saturated rings. The van der Waals surface area contributed by atoms with Crippen LogP contribution in [0.1, 0.15) is 102 Å². The van der Waals surface area contributed by atoms with Gasteiger partial charge in [0.25, 0.3) is 0 Å². The Bertz CT molecular complexity index is 1150. The predicted molar refractivity (Wildman–Crippen MR) is 154 cm³/mol. The van der Waals surface area contributed by atoms with Crippen molar-refractivity contribution in [1.82, 2.24) is 0 Å². The van der Waals surface area contributed by atoms with E-state index in [1.165, 1.54) is 89.5 Å². The lowest BCUT2D eigenvalue weighted by atomic mass is 10.0. The predicted octanol–water partition coefficient (Wildman–Crippen LogP) is 9.11. The molecule has 0 bridgehead atoms. The first-order chi connectivity index (χ1) is 18.2. The third-order valence-electron chi connectivity index (χ3n) is 6.72. The van der Waals surface area contributed by atoms with E-state index < -0.39 is 0 Å². The summed E-state index contributed by atoms with van der Waals surface area (Å²) in [5.74, 6) is 0.805. The largest absolute Gasteiger partial charge is 0.507 e. The Hall–Kier alpha value is -3.08. The van der Waals surface area contributed by atoms with Gasteiger partial charge in [0.2, 0.25) is 0 Å². The second-order valence-electron chi connectivity index (χ2n) is 9.90. The summed E-state index contributed by atoms with van der Waals surface area (Å²) in [4.78, 5) is 15.7. The van der Waals surface area contributed by atoms with Gasteiger partial charge in [0, 0.05) is 29.3 Å². The molecule has 5 heteroatoms. The number of hydrogen-bond donors (Lipinski definition) is 1. The lowest BCUT2D eigenvalue weighted by Crippen LogP contribution is -1.97. The Morgan fingerprint density at radius 1 is 0.784 bits per heavy atom. The molecule has 3 aromatic rings. The molecular weight excluding hydrogens is 462 g/mol. The Morgan fingerprint density at radius 3 is 2.08 bits per heavy atom. The fraction of sp³-hybridized carbons (Fsp3) is 0.500. The standard InChI is InChI=1S/C32H43NO4/c1-2-3-4-5-6-7-8-9-10-11-12-13-14-15-22-36-29-19-16-27(30(34)24-29)25-33-28-18-20-31-26(23-28)17-21-32(35)37-31/h16-21,23-25,34H,2-15,22H2,1H3. The molecular formula is C32H43NO4. The molecule has 1 aromatic heterocycles. The number of aliphatic imine (C=N–C) groups is 1. The summed E-state index contributed by atoms with van der Waals surface area (Å²) in [7, 11) is 0. The zero-order valence-corrected chi connectivity index (χ0v) is 22.4. The second-order valence-corrected chi connectivity index (χ2v) is 9.90. The molecule has 0 atom stereocenters. The smallest absolute Gasteiger partial charge is 0.336 e. The van der Waals surface area contributed by atoms with Crippen LogP contribution in [-0.4, -0.2) is 17.9 Å². The average molecular weight is 506 g/mol. The highest BCUT2D eigenvalue weighted by atomic mass is 16.5. The van der Waals surface area contributed by atoms with Gasteiger partial charge in [0.1, 0.15) is 17.1 Å². The van der Waals surface area contributed by atoms with E-state index in [2.05, 4.69) is 11.9 Å². The van der Waals surface area contributed by atoms with Crippen molar-refractivity contribution in [1.29, 1.82) is 0 Å². The maximum absolute atomic E-state index is 11.3.